The number of thioether (sulfide) groups is 1. The van der Waals surface area contributed by atoms with Crippen LogP contribution in [-0.4, -0.2) is 33.5 Å². The third-order valence-corrected chi connectivity index (χ3v) is 5.58. The Morgan fingerprint density at radius 1 is 0.939 bits per heavy atom. The summed E-state index contributed by atoms with van der Waals surface area (Å²) in [6.45, 7) is 7.91. The lowest BCUT2D eigenvalue weighted by Crippen LogP contribution is -2.23. The highest BCUT2D eigenvalue weighted by atomic mass is 32.2. The number of amides is 2. The summed E-state index contributed by atoms with van der Waals surface area (Å²) >= 11 is 1.09. The first-order chi connectivity index (χ1) is 15.6. The van der Waals surface area contributed by atoms with Crippen molar-refractivity contribution in [2.24, 2.45) is 0 Å². The molecule has 0 aliphatic carbocycles. The number of nitrogens with zero attached hydrogens (tertiary/aromatic N) is 2. The van der Waals surface area contributed by atoms with Gasteiger partial charge in [-0.15, -0.1) is 10.2 Å². The van der Waals surface area contributed by atoms with Crippen molar-refractivity contribution in [2.75, 3.05) is 11.1 Å². The zero-order chi connectivity index (χ0) is 24.0. The summed E-state index contributed by atoms with van der Waals surface area (Å²) in [5, 5.41) is 13.5. The molecule has 0 radical (unpaired) electrons. The first kappa shape index (κ1) is 24.2. The van der Waals surface area contributed by atoms with Crippen LogP contribution in [0, 0.1) is 0 Å². The molecule has 1 heterocycles. The molecule has 0 saturated heterocycles. The van der Waals surface area contributed by atoms with E-state index in [0.29, 0.717) is 16.8 Å². The highest BCUT2D eigenvalue weighted by Crippen LogP contribution is 2.22. The Balaban J connectivity index is 1.45. The molecule has 2 amide bonds. The molecule has 9 heteroatoms. The van der Waals surface area contributed by atoms with E-state index in [2.05, 4.69) is 41.6 Å². The van der Waals surface area contributed by atoms with Crippen molar-refractivity contribution < 1.29 is 18.8 Å². The second-order valence-electron chi connectivity index (χ2n) is 8.44. The van der Waals surface area contributed by atoms with Crippen LogP contribution in [0.5, 0.6) is 0 Å². The number of anilines is 1. The fourth-order valence-electron chi connectivity index (χ4n) is 2.86. The molecule has 172 valence electrons. The highest BCUT2D eigenvalue weighted by Gasteiger charge is 2.15. The zero-order valence-electron chi connectivity index (χ0n) is 19.0. The number of hydrogen-bond donors (Lipinski definition) is 2. The first-order valence-electron chi connectivity index (χ1n) is 10.4. The molecule has 2 N–H and O–H groups in total. The van der Waals surface area contributed by atoms with Gasteiger partial charge in [0.2, 0.25) is 11.8 Å². The summed E-state index contributed by atoms with van der Waals surface area (Å²) in [5.41, 5.74) is 2.88. The van der Waals surface area contributed by atoms with Gasteiger partial charge in [0, 0.05) is 16.8 Å². The van der Waals surface area contributed by atoms with E-state index in [1.165, 1.54) is 6.92 Å². The van der Waals surface area contributed by atoms with Gasteiger partial charge in [0.1, 0.15) is 0 Å². The minimum Gasteiger partial charge on any atom is -0.414 e. The standard InChI is InChI=1S/C24H26N4O4S/c1-15(29)16-7-11-19(12-8-16)26-20(30)14-33-23-28-27-21(32-23)13-25-22(31)17-5-9-18(10-6-17)24(2,3)4/h5-12H,13-14H2,1-4H3,(H,25,31)(H,26,30). The molecule has 2 aromatic carbocycles. The number of benzene rings is 2. The van der Waals surface area contributed by atoms with Crippen LogP contribution < -0.4 is 10.6 Å². The van der Waals surface area contributed by atoms with E-state index in [1.54, 1.807) is 36.4 Å². The van der Waals surface area contributed by atoms with Crippen molar-refractivity contribution in [3.8, 4) is 0 Å². The average molecular weight is 467 g/mol. The first-order valence-corrected chi connectivity index (χ1v) is 11.3. The fraction of sp³-hybridized carbons (Fsp3) is 0.292. The predicted octanol–water partition coefficient (Wildman–Crippen LogP) is 4.23. The van der Waals surface area contributed by atoms with Gasteiger partial charge in [0.25, 0.3) is 11.1 Å². The molecular weight excluding hydrogens is 440 g/mol. The molecule has 8 nitrogen and oxygen atoms in total. The van der Waals surface area contributed by atoms with Crippen molar-refractivity contribution >= 4 is 35.0 Å². The smallest absolute Gasteiger partial charge is 0.277 e. The molecule has 0 spiro atoms. The SMILES string of the molecule is CC(=O)c1ccc(NC(=O)CSc2nnc(CNC(=O)c3ccc(C(C)(C)C)cc3)o2)cc1. The molecule has 0 fully saturated rings. The van der Waals surface area contributed by atoms with Crippen molar-refractivity contribution in [1.29, 1.82) is 0 Å². The second-order valence-corrected chi connectivity index (χ2v) is 9.37. The number of hydrogen-bond acceptors (Lipinski definition) is 7. The Kier molecular flexibility index (Phi) is 7.65. The topological polar surface area (TPSA) is 114 Å². The van der Waals surface area contributed by atoms with E-state index in [4.69, 9.17) is 4.42 Å². The number of carbonyl (C=O) groups excluding carboxylic acids is 3. The Bertz CT molecular complexity index is 1130. The highest BCUT2D eigenvalue weighted by molar-refractivity contribution is 7.99. The van der Waals surface area contributed by atoms with E-state index in [-0.39, 0.29) is 46.4 Å². The minimum atomic E-state index is -0.248. The van der Waals surface area contributed by atoms with Gasteiger partial charge >= 0.3 is 0 Å². The van der Waals surface area contributed by atoms with Crippen molar-refractivity contribution in [3.05, 3.63) is 71.1 Å². The number of ketones is 1. The maximum absolute atomic E-state index is 12.4. The Hall–Kier alpha value is -3.46. The van der Waals surface area contributed by atoms with Gasteiger partial charge < -0.3 is 15.1 Å². The summed E-state index contributed by atoms with van der Waals surface area (Å²) in [4.78, 5) is 35.8. The molecule has 33 heavy (non-hydrogen) atoms. The summed E-state index contributed by atoms with van der Waals surface area (Å²) in [6, 6.07) is 14.1. The fourth-order valence-corrected chi connectivity index (χ4v) is 3.44. The van der Waals surface area contributed by atoms with Crippen LogP contribution in [0.15, 0.2) is 58.2 Å². The maximum Gasteiger partial charge on any atom is 0.277 e. The number of carbonyl (C=O) groups is 3. The third-order valence-electron chi connectivity index (χ3n) is 4.76. The van der Waals surface area contributed by atoms with Crippen molar-refractivity contribution in [2.45, 2.75) is 44.9 Å². The molecule has 0 saturated carbocycles. The number of rotatable bonds is 8. The monoisotopic (exact) mass is 466 g/mol. The molecule has 1 aromatic heterocycles. The van der Waals surface area contributed by atoms with Crippen LogP contribution >= 0.6 is 11.8 Å². The van der Waals surface area contributed by atoms with Gasteiger partial charge in [-0.1, -0.05) is 44.7 Å². The second kappa shape index (κ2) is 10.4. The Morgan fingerprint density at radius 2 is 1.58 bits per heavy atom. The molecule has 3 rings (SSSR count). The van der Waals surface area contributed by atoms with E-state index in [0.717, 1.165) is 17.3 Å². The number of aromatic nitrogens is 2. The lowest BCUT2D eigenvalue weighted by Gasteiger charge is -2.18. The van der Waals surface area contributed by atoms with E-state index < -0.39 is 0 Å². The van der Waals surface area contributed by atoms with Crippen LogP contribution in [0.3, 0.4) is 0 Å². The minimum absolute atomic E-state index is 0.0177. The van der Waals surface area contributed by atoms with Crippen LogP contribution in [0.4, 0.5) is 5.69 Å². The molecular formula is C24H26N4O4S. The summed E-state index contributed by atoms with van der Waals surface area (Å²) < 4.78 is 5.48. The molecule has 0 atom stereocenters. The van der Waals surface area contributed by atoms with Gasteiger partial charge in [-0.25, -0.2) is 0 Å². The van der Waals surface area contributed by atoms with E-state index in [1.807, 2.05) is 12.1 Å². The molecule has 0 aliphatic heterocycles. The molecule has 0 unspecified atom stereocenters. The summed E-state index contributed by atoms with van der Waals surface area (Å²) in [7, 11) is 0. The zero-order valence-corrected chi connectivity index (χ0v) is 19.8. The van der Waals surface area contributed by atoms with Crippen LogP contribution in [0.1, 0.15) is 59.9 Å². The lowest BCUT2D eigenvalue weighted by molar-refractivity contribution is -0.113. The van der Waals surface area contributed by atoms with Gasteiger partial charge in [0.05, 0.1) is 12.3 Å². The Labute approximate surface area is 196 Å². The van der Waals surface area contributed by atoms with E-state index >= 15 is 0 Å². The van der Waals surface area contributed by atoms with Crippen molar-refractivity contribution in [3.63, 3.8) is 0 Å². The summed E-state index contributed by atoms with van der Waals surface area (Å²) in [5.74, 6) is -0.203. The average Bonchev–Trinajstić information content (AvgIpc) is 3.24. The molecule has 3 aromatic rings. The quantitative estimate of drug-likeness (QED) is 0.377. The lowest BCUT2D eigenvalue weighted by atomic mass is 9.87. The van der Waals surface area contributed by atoms with Gasteiger partial charge in [-0.2, -0.15) is 0 Å². The van der Waals surface area contributed by atoms with E-state index in [9.17, 15) is 14.4 Å². The van der Waals surface area contributed by atoms with Gasteiger partial charge in [0.15, 0.2) is 5.78 Å². The maximum atomic E-state index is 12.4. The molecule has 0 aliphatic rings. The largest absolute Gasteiger partial charge is 0.414 e. The van der Waals surface area contributed by atoms with Crippen molar-refractivity contribution in [1.82, 2.24) is 15.5 Å². The van der Waals surface area contributed by atoms with Gasteiger partial charge in [-0.05, 0) is 54.3 Å². The third kappa shape index (κ3) is 7.01. The normalized spacial score (nSPS) is 11.2. The van der Waals surface area contributed by atoms with Crippen LogP contribution in [-0.2, 0) is 16.8 Å². The number of Topliss-reactive ketones (excluding diaryl/α,β-unsaturated/α-hetero) is 1. The summed E-state index contributed by atoms with van der Waals surface area (Å²) in [6.07, 6.45) is 0. The van der Waals surface area contributed by atoms with Gasteiger partial charge in [-0.3, -0.25) is 14.4 Å². The Morgan fingerprint density at radius 3 is 2.18 bits per heavy atom. The predicted molar refractivity (Wildman–Crippen MR) is 126 cm³/mol. The number of nitrogens with one attached hydrogen (secondary N) is 2. The molecule has 0 bridgehead atoms. The van der Waals surface area contributed by atoms with Crippen LogP contribution in [0.2, 0.25) is 0 Å². The van der Waals surface area contributed by atoms with Crippen LogP contribution in [0.25, 0.3) is 0 Å².